The summed E-state index contributed by atoms with van der Waals surface area (Å²) in [7, 11) is 0. The number of anilines is 1. The Morgan fingerprint density at radius 2 is 1.81 bits per heavy atom. The zero-order valence-corrected chi connectivity index (χ0v) is 19.0. The van der Waals surface area contributed by atoms with Gasteiger partial charge in [0.25, 0.3) is 17.7 Å². The molecule has 0 spiro atoms. The van der Waals surface area contributed by atoms with E-state index in [0.717, 1.165) is 17.4 Å². The van der Waals surface area contributed by atoms with Gasteiger partial charge in [-0.1, -0.05) is 30.3 Å². The number of nitrogens with one attached hydrogen (secondary N) is 4. The van der Waals surface area contributed by atoms with Gasteiger partial charge in [-0.3, -0.25) is 24.2 Å². The normalized spacial score (nSPS) is 15.8. The van der Waals surface area contributed by atoms with Crippen molar-refractivity contribution >= 4 is 35.4 Å². The molecule has 0 unspecified atom stereocenters. The largest absolute Gasteiger partial charge is 0.482 e. The topological polar surface area (TPSA) is 141 Å². The summed E-state index contributed by atoms with van der Waals surface area (Å²) < 4.78 is 5.35. The smallest absolute Gasteiger partial charge is 0.270 e. The number of hydrazine groups is 1. The summed E-state index contributed by atoms with van der Waals surface area (Å²) in [5, 5.41) is 9.90. The molecule has 182 valence electrons. The molecule has 36 heavy (non-hydrogen) atoms. The molecule has 0 aromatic heterocycles. The number of benzene rings is 2. The molecule has 3 heterocycles. The van der Waals surface area contributed by atoms with Gasteiger partial charge in [0.2, 0.25) is 0 Å². The van der Waals surface area contributed by atoms with Crippen molar-refractivity contribution in [3.05, 3.63) is 82.8 Å². The molecule has 2 aromatic rings. The maximum absolute atomic E-state index is 13.0. The Hall–Kier alpha value is -4.77. The lowest BCUT2D eigenvalue weighted by atomic mass is 10.1. The number of fused-ring (bicyclic) bond motifs is 2. The summed E-state index contributed by atoms with van der Waals surface area (Å²) in [6.07, 6.45) is 3.96. The number of carbonyl (C=O) groups excluding carboxylic acids is 4. The van der Waals surface area contributed by atoms with Crippen LogP contribution in [-0.2, 0) is 27.5 Å². The zero-order valence-electron chi connectivity index (χ0n) is 19.0. The Bertz CT molecular complexity index is 1350. The van der Waals surface area contributed by atoms with Crippen molar-refractivity contribution in [2.24, 2.45) is 4.99 Å². The van der Waals surface area contributed by atoms with Gasteiger partial charge in [0.05, 0.1) is 5.69 Å². The Morgan fingerprint density at radius 3 is 2.61 bits per heavy atom. The first kappa shape index (κ1) is 23.0. The highest BCUT2D eigenvalue weighted by Crippen LogP contribution is 2.28. The molecule has 2 aromatic carbocycles. The lowest BCUT2D eigenvalue weighted by Gasteiger charge is -2.26. The number of hydrogen-bond acceptors (Lipinski definition) is 8. The molecule has 11 nitrogen and oxygen atoms in total. The van der Waals surface area contributed by atoms with E-state index in [4.69, 9.17) is 4.74 Å². The fraction of sp³-hybridized carbons (Fsp3) is 0.160. The van der Waals surface area contributed by atoms with Gasteiger partial charge in [-0.05, 0) is 29.3 Å². The molecule has 0 saturated heterocycles. The molecule has 3 aliphatic rings. The first-order chi connectivity index (χ1) is 17.5. The van der Waals surface area contributed by atoms with Crippen LogP contribution in [0.1, 0.15) is 21.5 Å². The summed E-state index contributed by atoms with van der Waals surface area (Å²) in [4.78, 5) is 52.6. The lowest BCUT2D eigenvalue weighted by Crippen LogP contribution is -2.42. The van der Waals surface area contributed by atoms with E-state index in [1.807, 2.05) is 0 Å². The molecule has 3 amide bonds. The zero-order chi connectivity index (χ0) is 25.1. The molecule has 0 radical (unpaired) electrons. The molecule has 0 fully saturated rings. The molecule has 4 N–H and O–H groups in total. The van der Waals surface area contributed by atoms with Crippen LogP contribution in [0, 0.1) is 0 Å². The fourth-order valence-corrected chi connectivity index (χ4v) is 3.84. The number of nitrogens with zero attached hydrogens (tertiary/aromatic N) is 2. The van der Waals surface area contributed by atoms with E-state index in [1.165, 1.54) is 11.1 Å². The van der Waals surface area contributed by atoms with E-state index in [2.05, 4.69) is 26.4 Å². The quantitative estimate of drug-likeness (QED) is 0.424. The Kier molecular flexibility index (Phi) is 6.29. The molecular weight excluding hydrogens is 464 g/mol. The average Bonchev–Trinajstić information content (AvgIpc) is 3.38. The maximum Gasteiger partial charge on any atom is 0.270 e. The van der Waals surface area contributed by atoms with E-state index >= 15 is 0 Å². The van der Waals surface area contributed by atoms with Crippen molar-refractivity contribution in [1.29, 1.82) is 0 Å². The third kappa shape index (κ3) is 4.86. The van der Waals surface area contributed by atoms with Gasteiger partial charge in [0, 0.05) is 31.3 Å². The van der Waals surface area contributed by atoms with E-state index in [0.29, 0.717) is 29.4 Å². The second-order valence-corrected chi connectivity index (χ2v) is 8.18. The predicted molar refractivity (Wildman–Crippen MR) is 130 cm³/mol. The minimum atomic E-state index is -0.449. The second-order valence-electron chi connectivity index (χ2n) is 8.18. The number of carbonyl (C=O) groups is 4. The van der Waals surface area contributed by atoms with Gasteiger partial charge in [-0.2, -0.15) is 0 Å². The highest BCUT2D eigenvalue weighted by Gasteiger charge is 2.30. The number of aldehydes is 1. The first-order valence-corrected chi connectivity index (χ1v) is 11.2. The number of aliphatic imine (C=N–C) groups is 1. The summed E-state index contributed by atoms with van der Waals surface area (Å²) in [5.74, 6) is -0.0510. The third-order valence-corrected chi connectivity index (χ3v) is 5.68. The molecule has 0 aliphatic carbocycles. The number of amides is 3. The SMILES string of the molecule is O=Cc1ccc(CNC(=O)C2=CC(C(=O)NCc3ccc4c(c3)NC(=O)CO4)=NC3=CCNN32)cc1. The number of hydrogen-bond donors (Lipinski definition) is 4. The molecule has 0 atom stereocenters. The Morgan fingerprint density at radius 1 is 1.06 bits per heavy atom. The third-order valence-electron chi connectivity index (χ3n) is 5.68. The van der Waals surface area contributed by atoms with E-state index in [1.54, 1.807) is 48.5 Å². The Labute approximate surface area is 205 Å². The van der Waals surface area contributed by atoms with Crippen molar-refractivity contribution < 1.29 is 23.9 Å². The predicted octanol–water partition coefficient (Wildman–Crippen LogP) is 0.763. The van der Waals surface area contributed by atoms with Crippen LogP contribution in [-0.4, -0.2) is 47.9 Å². The lowest BCUT2D eigenvalue weighted by molar-refractivity contribution is -0.119. The van der Waals surface area contributed by atoms with E-state index in [-0.39, 0.29) is 42.9 Å². The van der Waals surface area contributed by atoms with Gasteiger partial charge in [0.1, 0.15) is 29.3 Å². The summed E-state index contributed by atoms with van der Waals surface area (Å²) in [5.41, 5.74) is 6.05. The van der Waals surface area contributed by atoms with Gasteiger partial charge in [-0.25, -0.2) is 10.4 Å². The van der Waals surface area contributed by atoms with Crippen LogP contribution in [0.25, 0.3) is 0 Å². The van der Waals surface area contributed by atoms with Crippen molar-refractivity contribution in [3.8, 4) is 5.75 Å². The van der Waals surface area contributed by atoms with Crippen LogP contribution in [0.15, 0.2) is 71.1 Å². The van der Waals surface area contributed by atoms with E-state index < -0.39 is 5.91 Å². The van der Waals surface area contributed by atoms with Gasteiger partial charge in [-0.15, -0.1) is 0 Å². The van der Waals surface area contributed by atoms with Gasteiger partial charge in [0.15, 0.2) is 6.61 Å². The minimum absolute atomic E-state index is 0.0284. The van der Waals surface area contributed by atoms with Crippen molar-refractivity contribution in [2.45, 2.75) is 13.1 Å². The van der Waals surface area contributed by atoms with E-state index in [9.17, 15) is 19.2 Å². The molecular formula is C25H22N6O5. The molecule has 5 rings (SSSR count). The Balaban J connectivity index is 1.26. The molecule has 0 saturated carbocycles. The summed E-state index contributed by atoms with van der Waals surface area (Å²) in [6, 6.07) is 12.1. The van der Waals surface area contributed by atoms with Crippen LogP contribution >= 0.6 is 0 Å². The standard InChI is InChI=1S/C25H22N6O5/c32-13-16-3-1-15(2-4-16)11-27-25(35)20-10-19(29-22-7-8-28-31(20)22)24(34)26-12-17-5-6-21-18(9-17)30-23(33)14-36-21/h1-7,9-10,13,28H,8,11-12,14H2,(H,26,34)(H,27,35)(H,30,33). The summed E-state index contributed by atoms with van der Waals surface area (Å²) in [6.45, 7) is 0.876. The van der Waals surface area contributed by atoms with Gasteiger partial charge >= 0.3 is 0 Å². The van der Waals surface area contributed by atoms with Crippen LogP contribution < -0.4 is 26.1 Å². The highest BCUT2D eigenvalue weighted by atomic mass is 16.5. The second kappa shape index (κ2) is 9.84. The van der Waals surface area contributed by atoms with Crippen molar-refractivity contribution in [3.63, 3.8) is 0 Å². The molecule has 11 heteroatoms. The van der Waals surface area contributed by atoms with Gasteiger partial charge < -0.3 is 20.7 Å². The van der Waals surface area contributed by atoms with Crippen LogP contribution in [0.3, 0.4) is 0 Å². The fourth-order valence-electron chi connectivity index (χ4n) is 3.84. The van der Waals surface area contributed by atoms with Crippen LogP contribution in [0.5, 0.6) is 5.75 Å². The van der Waals surface area contributed by atoms with Crippen LogP contribution in [0.2, 0.25) is 0 Å². The van der Waals surface area contributed by atoms with Crippen LogP contribution in [0.4, 0.5) is 5.69 Å². The highest BCUT2D eigenvalue weighted by molar-refractivity contribution is 6.44. The maximum atomic E-state index is 13.0. The number of ether oxygens (including phenoxy) is 1. The van der Waals surface area contributed by atoms with Crippen molar-refractivity contribution in [2.75, 3.05) is 18.5 Å². The molecule has 0 bridgehead atoms. The van der Waals surface area contributed by atoms with Crippen molar-refractivity contribution in [1.82, 2.24) is 21.1 Å². The first-order valence-electron chi connectivity index (χ1n) is 11.2. The number of rotatable bonds is 7. The summed E-state index contributed by atoms with van der Waals surface area (Å²) >= 11 is 0. The molecule has 3 aliphatic heterocycles. The monoisotopic (exact) mass is 486 g/mol. The minimum Gasteiger partial charge on any atom is -0.482 e. The average molecular weight is 486 g/mol.